The quantitative estimate of drug-likeness (QED) is 0.666. The fourth-order valence-electron chi connectivity index (χ4n) is 3.28. The van der Waals surface area contributed by atoms with Crippen molar-refractivity contribution in [2.45, 2.75) is 6.54 Å². The van der Waals surface area contributed by atoms with Crippen molar-refractivity contribution in [2.24, 2.45) is 0 Å². The first kappa shape index (κ1) is 20.0. The number of benzene rings is 1. The van der Waals surface area contributed by atoms with Gasteiger partial charge in [0.15, 0.2) is 4.96 Å². The summed E-state index contributed by atoms with van der Waals surface area (Å²) in [5.74, 6) is -0.685. The Bertz CT molecular complexity index is 1090. The molecule has 0 spiro atoms. The van der Waals surface area contributed by atoms with Crippen molar-refractivity contribution >= 4 is 39.5 Å². The number of carbonyl (C=O) groups excluding carboxylic acids is 1. The molecule has 4 rings (SSSR count). The first-order valence-corrected chi connectivity index (χ1v) is 10.4. The molecule has 1 N–H and O–H groups in total. The van der Waals surface area contributed by atoms with Crippen LogP contribution in [0.3, 0.4) is 0 Å². The lowest BCUT2D eigenvalue weighted by Crippen LogP contribution is -2.48. The summed E-state index contributed by atoms with van der Waals surface area (Å²) in [6.45, 7) is 3.89. The number of nitrogens with zero attached hydrogens (tertiary/aromatic N) is 4. The van der Waals surface area contributed by atoms with Crippen LogP contribution >= 0.6 is 22.9 Å². The number of amides is 1. The summed E-state index contributed by atoms with van der Waals surface area (Å²) in [6, 6.07) is 5.68. The molecule has 1 saturated heterocycles. The van der Waals surface area contributed by atoms with Crippen molar-refractivity contribution in [1.29, 1.82) is 0 Å². The SMILES string of the molecule is O=C(CN1CCN(Cc2cc(=O)n3ccsc3n2)CC1)Nc1ccc(F)c(Cl)c1. The molecule has 0 atom stereocenters. The van der Waals surface area contributed by atoms with Gasteiger partial charge in [-0.1, -0.05) is 11.6 Å². The lowest BCUT2D eigenvalue weighted by Gasteiger charge is -2.34. The molecule has 0 radical (unpaired) electrons. The van der Waals surface area contributed by atoms with Crippen molar-refractivity contribution in [2.75, 3.05) is 38.0 Å². The highest BCUT2D eigenvalue weighted by atomic mass is 35.5. The van der Waals surface area contributed by atoms with Crippen molar-refractivity contribution < 1.29 is 9.18 Å². The minimum atomic E-state index is -0.517. The molecule has 1 amide bonds. The second-order valence-electron chi connectivity index (χ2n) is 6.87. The van der Waals surface area contributed by atoms with Gasteiger partial charge in [-0.15, -0.1) is 11.3 Å². The Morgan fingerprint density at radius 2 is 1.97 bits per heavy atom. The Labute approximate surface area is 175 Å². The van der Waals surface area contributed by atoms with Crippen molar-refractivity contribution in [3.8, 4) is 0 Å². The van der Waals surface area contributed by atoms with Crippen LogP contribution < -0.4 is 10.9 Å². The van der Waals surface area contributed by atoms with Crippen molar-refractivity contribution in [3.05, 3.63) is 62.7 Å². The molecule has 3 aromatic rings. The van der Waals surface area contributed by atoms with E-state index in [-0.39, 0.29) is 23.0 Å². The molecule has 1 aliphatic rings. The molecule has 0 aliphatic carbocycles. The number of thiazole rings is 1. The van der Waals surface area contributed by atoms with Crippen LogP contribution in [0, 0.1) is 5.82 Å². The fraction of sp³-hybridized carbons (Fsp3) is 0.316. The van der Waals surface area contributed by atoms with Gasteiger partial charge < -0.3 is 5.32 Å². The summed E-state index contributed by atoms with van der Waals surface area (Å²) >= 11 is 7.18. The summed E-state index contributed by atoms with van der Waals surface area (Å²) in [7, 11) is 0. The molecule has 10 heteroatoms. The molecular weight excluding hydrogens is 417 g/mol. The van der Waals surface area contributed by atoms with Gasteiger partial charge in [0, 0.05) is 56.1 Å². The number of carbonyl (C=O) groups is 1. The van der Waals surface area contributed by atoms with E-state index in [0.717, 1.165) is 31.9 Å². The third-order valence-corrected chi connectivity index (χ3v) is 5.82. The van der Waals surface area contributed by atoms with Crippen LogP contribution in [0.15, 0.2) is 40.6 Å². The van der Waals surface area contributed by atoms with E-state index in [1.807, 2.05) is 5.38 Å². The molecule has 0 bridgehead atoms. The van der Waals surface area contributed by atoms with Gasteiger partial charge in [-0.05, 0) is 18.2 Å². The first-order chi connectivity index (χ1) is 14.0. The zero-order chi connectivity index (χ0) is 20.4. The van der Waals surface area contributed by atoms with Gasteiger partial charge in [0.1, 0.15) is 5.82 Å². The van der Waals surface area contributed by atoms with E-state index >= 15 is 0 Å². The monoisotopic (exact) mass is 435 g/mol. The fourth-order valence-corrected chi connectivity index (χ4v) is 4.20. The maximum atomic E-state index is 13.2. The van der Waals surface area contributed by atoms with Crippen LogP contribution in [-0.4, -0.2) is 57.8 Å². The van der Waals surface area contributed by atoms with E-state index in [2.05, 4.69) is 20.1 Å². The van der Waals surface area contributed by atoms with Gasteiger partial charge in [-0.3, -0.25) is 23.8 Å². The van der Waals surface area contributed by atoms with E-state index in [9.17, 15) is 14.0 Å². The molecule has 1 aliphatic heterocycles. The number of anilines is 1. The average molecular weight is 436 g/mol. The Kier molecular flexibility index (Phi) is 5.91. The third-order valence-electron chi connectivity index (χ3n) is 4.78. The normalized spacial score (nSPS) is 15.7. The van der Waals surface area contributed by atoms with Crippen LogP contribution in [-0.2, 0) is 11.3 Å². The molecule has 0 saturated carbocycles. The topological polar surface area (TPSA) is 70.0 Å². The predicted molar refractivity (Wildman–Crippen MR) is 111 cm³/mol. The van der Waals surface area contributed by atoms with Gasteiger partial charge >= 0.3 is 0 Å². The highest BCUT2D eigenvalue weighted by Gasteiger charge is 2.20. The van der Waals surface area contributed by atoms with Crippen LogP contribution in [0.5, 0.6) is 0 Å². The summed E-state index contributed by atoms with van der Waals surface area (Å²) in [5, 5.41) is 4.56. The number of hydrogen-bond donors (Lipinski definition) is 1. The van der Waals surface area contributed by atoms with Crippen LogP contribution in [0.25, 0.3) is 4.96 Å². The minimum Gasteiger partial charge on any atom is -0.325 e. The van der Waals surface area contributed by atoms with E-state index in [0.29, 0.717) is 17.2 Å². The molecule has 3 heterocycles. The molecule has 152 valence electrons. The molecule has 2 aromatic heterocycles. The van der Waals surface area contributed by atoms with E-state index in [1.54, 1.807) is 16.7 Å². The van der Waals surface area contributed by atoms with E-state index < -0.39 is 5.82 Å². The third kappa shape index (κ3) is 4.81. The number of hydrogen-bond acceptors (Lipinski definition) is 6. The Morgan fingerprint density at radius 1 is 1.21 bits per heavy atom. The van der Waals surface area contributed by atoms with Gasteiger partial charge in [0.05, 0.1) is 17.3 Å². The maximum Gasteiger partial charge on any atom is 0.258 e. The molecule has 1 fully saturated rings. The Balaban J connectivity index is 1.28. The van der Waals surface area contributed by atoms with Crippen molar-refractivity contribution in [3.63, 3.8) is 0 Å². The summed E-state index contributed by atoms with van der Waals surface area (Å²) in [6.07, 6.45) is 1.73. The number of piperazine rings is 1. The molecular formula is C19H19ClFN5O2S. The van der Waals surface area contributed by atoms with Gasteiger partial charge in [-0.25, -0.2) is 9.37 Å². The molecule has 0 unspecified atom stereocenters. The Hall–Kier alpha value is -2.33. The molecule has 7 nitrogen and oxygen atoms in total. The number of halogens is 2. The van der Waals surface area contributed by atoms with Gasteiger partial charge in [-0.2, -0.15) is 0 Å². The lowest BCUT2D eigenvalue weighted by atomic mass is 10.2. The standard InChI is InChI=1S/C19H19ClFN5O2S/c20-15-9-13(1-2-16(15)21)22-17(27)12-25-5-3-24(4-6-25)11-14-10-18(28)26-7-8-29-19(26)23-14/h1-2,7-10H,3-6,11-12H2,(H,22,27). The molecule has 29 heavy (non-hydrogen) atoms. The summed E-state index contributed by atoms with van der Waals surface area (Å²) in [4.78, 5) is 33.9. The second-order valence-corrected chi connectivity index (χ2v) is 8.15. The van der Waals surface area contributed by atoms with E-state index in [4.69, 9.17) is 11.6 Å². The highest BCUT2D eigenvalue weighted by Crippen LogP contribution is 2.19. The largest absolute Gasteiger partial charge is 0.325 e. The number of nitrogens with one attached hydrogen (secondary N) is 1. The smallest absolute Gasteiger partial charge is 0.258 e. The number of fused-ring (bicyclic) bond motifs is 1. The minimum absolute atomic E-state index is 0.0228. The average Bonchev–Trinajstić information content (AvgIpc) is 3.15. The predicted octanol–water partition coefficient (Wildman–Crippen LogP) is 2.30. The van der Waals surface area contributed by atoms with Gasteiger partial charge in [0.25, 0.3) is 5.56 Å². The van der Waals surface area contributed by atoms with Gasteiger partial charge in [0.2, 0.25) is 5.91 Å². The summed E-state index contributed by atoms with van der Waals surface area (Å²) in [5.41, 5.74) is 1.17. The first-order valence-electron chi connectivity index (χ1n) is 9.13. The molecule has 1 aromatic carbocycles. The highest BCUT2D eigenvalue weighted by molar-refractivity contribution is 7.15. The second kappa shape index (κ2) is 8.58. The van der Waals surface area contributed by atoms with Crippen LogP contribution in [0.4, 0.5) is 10.1 Å². The number of aromatic nitrogens is 2. The summed E-state index contributed by atoms with van der Waals surface area (Å²) < 4.78 is 14.7. The van der Waals surface area contributed by atoms with Crippen LogP contribution in [0.1, 0.15) is 5.69 Å². The zero-order valence-electron chi connectivity index (χ0n) is 15.5. The van der Waals surface area contributed by atoms with Crippen molar-refractivity contribution in [1.82, 2.24) is 19.2 Å². The zero-order valence-corrected chi connectivity index (χ0v) is 17.0. The number of rotatable bonds is 5. The Morgan fingerprint density at radius 3 is 2.72 bits per heavy atom. The maximum absolute atomic E-state index is 13.2. The van der Waals surface area contributed by atoms with Crippen LogP contribution in [0.2, 0.25) is 5.02 Å². The van der Waals surface area contributed by atoms with E-state index in [1.165, 1.54) is 29.5 Å². The lowest BCUT2D eigenvalue weighted by molar-refractivity contribution is -0.117.